The Kier molecular flexibility index (Phi) is 3.28. The van der Waals surface area contributed by atoms with Gasteiger partial charge < -0.3 is 4.90 Å². The molecule has 1 aliphatic rings. The molecule has 1 saturated heterocycles. The van der Waals surface area contributed by atoms with Gasteiger partial charge in [0.25, 0.3) is 0 Å². The van der Waals surface area contributed by atoms with Gasteiger partial charge in [-0.15, -0.1) is 0 Å². The molecule has 0 aromatic heterocycles. The topological polar surface area (TPSA) is 3.24 Å². The van der Waals surface area contributed by atoms with Crippen LogP contribution in [0.3, 0.4) is 0 Å². The summed E-state index contributed by atoms with van der Waals surface area (Å²) < 4.78 is 1.24. The third-order valence-electron chi connectivity index (χ3n) is 3.82. The number of halogens is 1. The Hall–Kier alpha value is -0.500. The highest BCUT2D eigenvalue weighted by Crippen LogP contribution is 2.40. The standard InChI is InChI=1S/C15H22BrN/c1-10-6-11(2)14(13(16)7-10)17-8-12(9-17)15(3,4)5/h6-7,12H,8-9H2,1-5H3. The van der Waals surface area contributed by atoms with E-state index in [2.05, 4.69) is 67.6 Å². The molecular weight excluding hydrogens is 274 g/mol. The van der Waals surface area contributed by atoms with E-state index < -0.39 is 0 Å². The van der Waals surface area contributed by atoms with Crippen LogP contribution in [0.2, 0.25) is 0 Å². The molecule has 2 rings (SSSR count). The van der Waals surface area contributed by atoms with Crippen molar-refractivity contribution in [3.8, 4) is 0 Å². The van der Waals surface area contributed by atoms with E-state index in [1.807, 2.05) is 0 Å². The number of hydrogen-bond acceptors (Lipinski definition) is 1. The normalized spacial score (nSPS) is 17.2. The molecule has 1 heterocycles. The highest BCUT2D eigenvalue weighted by atomic mass is 79.9. The van der Waals surface area contributed by atoms with E-state index in [-0.39, 0.29) is 0 Å². The fraction of sp³-hybridized carbons (Fsp3) is 0.600. The molecule has 0 atom stereocenters. The first-order chi connectivity index (χ1) is 7.79. The van der Waals surface area contributed by atoms with E-state index in [0.29, 0.717) is 5.41 Å². The van der Waals surface area contributed by atoms with Crippen molar-refractivity contribution < 1.29 is 0 Å². The lowest BCUT2D eigenvalue weighted by atomic mass is 9.75. The Bertz CT molecular complexity index is 402. The van der Waals surface area contributed by atoms with Crippen molar-refractivity contribution in [2.75, 3.05) is 18.0 Å². The van der Waals surface area contributed by atoms with Gasteiger partial charge >= 0.3 is 0 Å². The van der Waals surface area contributed by atoms with Gasteiger partial charge in [-0.2, -0.15) is 0 Å². The summed E-state index contributed by atoms with van der Waals surface area (Å²) in [6.07, 6.45) is 0. The van der Waals surface area contributed by atoms with Crippen molar-refractivity contribution in [2.45, 2.75) is 34.6 Å². The zero-order valence-corrected chi connectivity index (χ0v) is 13.1. The van der Waals surface area contributed by atoms with Crippen LogP contribution in [0.5, 0.6) is 0 Å². The van der Waals surface area contributed by atoms with Crippen molar-refractivity contribution in [3.63, 3.8) is 0 Å². The van der Waals surface area contributed by atoms with Crippen LogP contribution >= 0.6 is 15.9 Å². The lowest BCUT2D eigenvalue weighted by Gasteiger charge is -2.48. The zero-order chi connectivity index (χ0) is 12.8. The monoisotopic (exact) mass is 295 g/mol. The van der Waals surface area contributed by atoms with Gasteiger partial charge in [0.1, 0.15) is 0 Å². The SMILES string of the molecule is Cc1cc(C)c(N2CC(C(C)(C)C)C2)c(Br)c1. The van der Waals surface area contributed by atoms with E-state index >= 15 is 0 Å². The molecule has 1 fully saturated rings. The van der Waals surface area contributed by atoms with Gasteiger partial charge in [-0.3, -0.25) is 0 Å². The van der Waals surface area contributed by atoms with Crippen LogP contribution < -0.4 is 4.90 Å². The first-order valence-electron chi connectivity index (χ1n) is 6.30. The maximum Gasteiger partial charge on any atom is 0.0540 e. The van der Waals surface area contributed by atoms with E-state index in [4.69, 9.17) is 0 Å². The van der Waals surface area contributed by atoms with Crippen molar-refractivity contribution in [3.05, 3.63) is 27.7 Å². The molecule has 0 bridgehead atoms. The zero-order valence-electron chi connectivity index (χ0n) is 11.5. The van der Waals surface area contributed by atoms with Crippen LogP contribution in [-0.2, 0) is 0 Å². The highest BCUT2D eigenvalue weighted by molar-refractivity contribution is 9.10. The van der Waals surface area contributed by atoms with E-state index in [9.17, 15) is 0 Å². The summed E-state index contributed by atoms with van der Waals surface area (Å²) in [7, 11) is 0. The predicted octanol–water partition coefficient (Wildman–Crippen LogP) is 4.55. The van der Waals surface area contributed by atoms with Crippen LogP contribution in [0.25, 0.3) is 0 Å². The van der Waals surface area contributed by atoms with E-state index in [0.717, 1.165) is 5.92 Å². The first kappa shape index (κ1) is 12.9. The third kappa shape index (κ3) is 2.52. The molecule has 1 aromatic rings. The van der Waals surface area contributed by atoms with E-state index in [1.165, 1.54) is 34.4 Å². The van der Waals surface area contributed by atoms with Gasteiger partial charge in [0, 0.05) is 17.6 Å². The predicted molar refractivity (Wildman–Crippen MR) is 78.8 cm³/mol. The minimum Gasteiger partial charge on any atom is -0.370 e. The number of rotatable bonds is 1. The second kappa shape index (κ2) is 4.31. The Balaban J connectivity index is 2.17. The van der Waals surface area contributed by atoms with Crippen molar-refractivity contribution in [1.29, 1.82) is 0 Å². The summed E-state index contributed by atoms with van der Waals surface area (Å²) in [5.74, 6) is 0.815. The van der Waals surface area contributed by atoms with Gasteiger partial charge in [0.15, 0.2) is 0 Å². The molecule has 0 amide bonds. The lowest BCUT2D eigenvalue weighted by molar-refractivity contribution is 0.195. The Morgan fingerprint density at radius 2 is 1.76 bits per heavy atom. The van der Waals surface area contributed by atoms with Gasteiger partial charge in [-0.25, -0.2) is 0 Å². The molecule has 0 aliphatic carbocycles. The summed E-state index contributed by atoms with van der Waals surface area (Å²) >= 11 is 3.70. The number of aryl methyl sites for hydroxylation is 2. The molecular formula is C15H22BrN. The fourth-order valence-corrected chi connectivity index (χ4v) is 3.44. The van der Waals surface area contributed by atoms with Crippen molar-refractivity contribution >= 4 is 21.6 Å². The molecule has 0 unspecified atom stereocenters. The van der Waals surface area contributed by atoms with Crippen LogP contribution in [0.15, 0.2) is 16.6 Å². The van der Waals surface area contributed by atoms with Crippen LogP contribution in [0.1, 0.15) is 31.9 Å². The quantitative estimate of drug-likeness (QED) is 0.735. The maximum atomic E-state index is 3.70. The Morgan fingerprint density at radius 3 is 2.24 bits per heavy atom. The molecule has 94 valence electrons. The largest absolute Gasteiger partial charge is 0.370 e. The molecule has 2 heteroatoms. The van der Waals surface area contributed by atoms with E-state index in [1.54, 1.807) is 0 Å². The molecule has 17 heavy (non-hydrogen) atoms. The molecule has 1 aliphatic heterocycles. The molecule has 0 N–H and O–H groups in total. The summed E-state index contributed by atoms with van der Waals surface area (Å²) in [6.45, 7) is 13.7. The molecule has 1 aromatic carbocycles. The molecule has 0 saturated carbocycles. The van der Waals surface area contributed by atoms with Crippen molar-refractivity contribution in [1.82, 2.24) is 0 Å². The molecule has 0 spiro atoms. The third-order valence-corrected chi connectivity index (χ3v) is 4.43. The minimum absolute atomic E-state index is 0.432. The summed E-state index contributed by atoms with van der Waals surface area (Å²) in [6, 6.07) is 4.48. The Morgan fingerprint density at radius 1 is 1.18 bits per heavy atom. The average Bonchev–Trinajstić information content (AvgIpc) is 2.04. The van der Waals surface area contributed by atoms with Gasteiger partial charge in [0.05, 0.1) is 5.69 Å². The Labute approximate surface area is 113 Å². The first-order valence-corrected chi connectivity index (χ1v) is 7.10. The summed E-state index contributed by atoms with van der Waals surface area (Å²) in [5, 5.41) is 0. The number of benzene rings is 1. The minimum atomic E-state index is 0.432. The van der Waals surface area contributed by atoms with Crippen LogP contribution in [-0.4, -0.2) is 13.1 Å². The second-order valence-electron chi connectivity index (χ2n) is 6.38. The van der Waals surface area contributed by atoms with Gasteiger partial charge in [0.2, 0.25) is 0 Å². The van der Waals surface area contributed by atoms with Crippen LogP contribution in [0.4, 0.5) is 5.69 Å². The summed E-state index contributed by atoms with van der Waals surface area (Å²) in [5.41, 5.74) is 4.52. The highest BCUT2D eigenvalue weighted by Gasteiger charge is 2.36. The smallest absolute Gasteiger partial charge is 0.0540 e. The number of nitrogens with zero attached hydrogens (tertiary/aromatic N) is 1. The lowest BCUT2D eigenvalue weighted by Crippen LogP contribution is -2.52. The van der Waals surface area contributed by atoms with Crippen LogP contribution in [0, 0.1) is 25.2 Å². The number of anilines is 1. The van der Waals surface area contributed by atoms with Gasteiger partial charge in [-0.05, 0) is 58.3 Å². The average molecular weight is 296 g/mol. The van der Waals surface area contributed by atoms with Crippen molar-refractivity contribution in [2.24, 2.45) is 11.3 Å². The number of hydrogen-bond donors (Lipinski definition) is 0. The molecule has 1 nitrogen and oxygen atoms in total. The van der Waals surface area contributed by atoms with Gasteiger partial charge in [-0.1, -0.05) is 26.8 Å². The second-order valence-corrected chi connectivity index (χ2v) is 7.23. The molecule has 0 radical (unpaired) electrons. The summed E-state index contributed by atoms with van der Waals surface area (Å²) in [4.78, 5) is 2.49. The fourth-order valence-electron chi connectivity index (χ4n) is 2.52. The maximum absolute atomic E-state index is 3.70.